The molecular weight excluding hydrogens is 230 g/mol. The molecule has 2 N–H and O–H groups in total. The molecule has 0 saturated heterocycles. The van der Waals surface area contributed by atoms with Crippen molar-refractivity contribution in [3.63, 3.8) is 0 Å². The van der Waals surface area contributed by atoms with Crippen molar-refractivity contribution >= 4 is 11.4 Å². The smallest absolute Gasteiger partial charge is 0.145 e. The Morgan fingerprint density at radius 1 is 0.944 bits per heavy atom. The van der Waals surface area contributed by atoms with Crippen molar-refractivity contribution < 1.29 is 14.6 Å². The first-order valence-corrected chi connectivity index (χ1v) is 5.51. The van der Waals surface area contributed by atoms with Crippen molar-refractivity contribution in [2.24, 2.45) is 0 Å². The van der Waals surface area contributed by atoms with E-state index in [1.165, 1.54) is 0 Å². The monoisotopic (exact) mass is 245 g/mol. The fourth-order valence-electron chi connectivity index (χ4n) is 1.60. The zero-order valence-corrected chi connectivity index (χ0v) is 10.3. The van der Waals surface area contributed by atoms with Crippen molar-refractivity contribution in [1.29, 1.82) is 0 Å². The van der Waals surface area contributed by atoms with Crippen LogP contribution in [0.4, 0.5) is 11.4 Å². The first-order chi connectivity index (χ1) is 8.72. The van der Waals surface area contributed by atoms with E-state index in [0.717, 1.165) is 17.1 Å². The maximum absolute atomic E-state index is 9.22. The predicted octanol–water partition coefficient (Wildman–Crippen LogP) is 3.15. The van der Waals surface area contributed by atoms with E-state index < -0.39 is 0 Å². The lowest BCUT2D eigenvalue weighted by Gasteiger charge is -2.12. The molecule has 94 valence electrons. The summed E-state index contributed by atoms with van der Waals surface area (Å²) < 4.78 is 10.4. The van der Waals surface area contributed by atoms with Crippen molar-refractivity contribution in [1.82, 2.24) is 0 Å². The largest absolute Gasteiger partial charge is 0.508 e. The highest BCUT2D eigenvalue weighted by molar-refractivity contribution is 5.67. The van der Waals surface area contributed by atoms with E-state index in [2.05, 4.69) is 5.32 Å². The second-order valence-electron chi connectivity index (χ2n) is 3.74. The summed E-state index contributed by atoms with van der Waals surface area (Å²) in [6.07, 6.45) is 0. The Balaban J connectivity index is 2.25. The number of aromatic hydroxyl groups is 1. The lowest BCUT2D eigenvalue weighted by atomic mass is 10.2. The zero-order chi connectivity index (χ0) is 13.0. The molecule has 18 heavy (non-hydrogen) atoms. The lowest BCUT2D eigenvalue weighted by Crippen LogP contribution is -1.95. The van der Waals surface area contributed by atoms with Gasteiger partial charge in [0.25, 0.3) is 0 Å². The number of hydrogen-bond acceptors (Lipinski definition) is 4. The summed E-state index contributed by atoms with van der Waals surface area (Å²) in [5.41, 5.74) is 1.71. The highest BCUT2D eigenvalue weighted by atomic mass is 16.5. The molecule has 0 atom stereocenters. The third-order valence-corrected chi connectivity index (χ3v) is 2.56. The number of phenolic OH excluding ortho intramolecular Hbond substituents is 1. The molecule has 0 aliphatic rings. The maximum atomic E-state index is 9.22. The second-order valence-corrected chi connectivity index (χ2v) is 3.74. The molecule has 0 aliphatic heterocycles. The number of anilines is 2. The molecule has 2 rings (SSSR count). The van der Waals surface area contributed by atoms with Crippen LogP contribution in [0.5, 0.6) is 17.2 Å². The highest BCUT2D eigenvalue weighted by Crippen LogP contribution is 2.31. The molecule has 0 amide bonds. The Morgan fingerprint density at radius 2 is 1.67 bits per heavy atom. The molecule has 0 saturated carbocycles. The van der Waals surface area contributed by atoms with Crippen LogP contribution in [0.1, 0.15) is 0 Å². The Bertz CT molecular complexity index is 523. The molecule has 0 fully saturated rings. The van der Waals surface area contributed by atoms with Gasteiger partial charge < -0.3 is 19.9 Å². The summed E-state index contributed by atoms with van der Waals surface area (Å²) in [7, 11) is 3.22. The second kappa shape index (κ2) is 5.31. The van der Waals surface area contributed by atoms with Gasteiger partial charge in [0.2, 0.25) is 0 Å². The number of nitrogens with one attached hydrogen (secondary N) is 1. The third-order valence-electron chi connectivity index (χ3n) is 2.56. The van der Waals surface area contributed by atoms with Gasteiger partial charge in [-0.3, -0.25) is 0 Å². The number of rotatable bonds is 4. The number of benzene rings is 2. The molecule has 4 heteroatoms. The average Bonchev–Trinajstić information content (AvgIpc) is 2.41. The Morgan fingerprint density at radius 3 is 2.28 bits per heavy atom. The van der Waals surface area contributed by atoms with E-state index >= 15 is 0 Å². The van der Waals surface area contributed by atoms with Crippen LogP contribution in [-0.2, 0) is 0 Å². The van der Waals surface area contributed by atoms with Crippen LogP contribution in [0.15, 0.2) is 42.5 Å². The highest BCUT2D eigenvalue weighted by Gasteiger charge is 2.05. The summed E-state index contributed by atoms with van der Waals surface area (Å²) in [6, 6.07) is 12.4. The fraction of sp³-hybridized carbons (Fsp3) is 0.143. The van der Waals surface area contributed by atoms with Gasteiger partial charge in [-0.25, -0.2) is 0 Å². The third kappa shape index (κ3) is 2.66. The minimum Gasteiger partial charge on any atom is -0.508 e. The van der Waals surface area contributed by atoms with Gasteiger partial charge in [0, 0.05) is 11.8 Å². The first-order valence-electron chi connectivity index (χ1n) is 5.51. The molecule has 0 aromatic heterocycles. The predicted molar refractivity (Wildman–Crippen MR) is 70.9 cm³/mol. The summed E-state index contributed by atoms with van der Waals surface area (Å²) in [6.45, 7) is 0. The van der Waals surface area contributed by atoms with Crippen LogP contribution < -0.4 is 14.8 Å². The normalized spacial score (nSPS) is 9.89. The van der Waals surface area contributed by atoms with E-state index in [-0.39, 0.29) is 5.75 Å². The molecule has 0 heterocycles. The number of methoxy groups -OCH3 is 2. The number of hydrogen-bond donors (Lipinski definition) is 2. The lowest BCUT2D eigenvalue weighted by molar-refractivity contribution is 0.395. The van der Waals surface area contributed by atoms with Crippen molar-refractivity contribution in [2.75, 3.05) is 19.5 Å². The number of phenols is 1. The Kier molecular flexibility index (Phi) is 3.57. The van der Waals surface area contributed by atoms with Crippen molar-refractivity contribution in [3.8, 4) is 17.2 Å². The minimum atomic E-state index is 0.238. The molecule has 2 aromatic rings. The average molecular weight is 245 g/mol. The zero-order valence-electron chi connectivity index (χ0n) is 10.3. The van der Waals surface area contributed by atoms with Crippen LogP contribution in [0, 0.1) is 0 Å². The topological polar surface area (TPSA) is 50.7 Å². The van der Waals surface area contributed by atoms with Gasteiger partial charge in [0.05, 0.1) is 19.9 Å². The molecule has 4 nitrogen and oxygen atoms in total. The van der Waals surface area contributed by atoms with E-state index in [1.54, 1.807) is 38.5 Å². The van der Waals surface area contributed by atoms with E-state index in [9.17, 15) is 5.11 Å². The molecule has 0 aliphatic carbocycles. The van der Waals surface area contributed by atoms with E-state index in [1.807, 2.05) is 18.2 Å². The van der Waals surface area contributed by atoms with Gasteiger partial charge in [-0.15, -0.1) is 0 Å². The standard InChI is InChI=1S/C14H15NO3/c1-17-12-7-8-13(14(9-12)18-2)15-10-3-5-11(16)6-4-10/h3-9,15-16H,1-2H3. The summed E-state index contributed by atoms with van der Waals surface area (Å²) in [5.74, 6) is 1.67. The molecule has 0 bridgehead atoms. The molecule has 2 aromatic carbocycles. The van der Waals surface area contributed by atoms with Crippen molar-refractivity contribution in [2.45, 2.75) is 0 Å². The SMILES string of the molecule is COc1ccc(Nc2ccc(O)cc2)c(OC)c1. The van der Waals surface area contributed by atoms with Gasteiger partial charge in [-0.2, -0.15) is 0 Å². The summed E-state index contributed by atoms with van der Waals surface area (Å²) in [4.78, 5) is 0. The fourth-order valence-corrected chi connectivity index (χ4v) is 1.60. The first kappa shape index (κ1) is 12.1. The van der Waals surface area contributed by atoms with Gasteiger partial charge in [0.1, 0.15) is 17.2 Å². The van der Waals surface area contributed by atoms with Gasteiger partial charge in [-0.1, -0.05) is 0 Å². The molecule has 0 radical (unpaired) electrons. The Labute approximate surface area is 106 Å². The van der Waals surface area contributed by atoms with Crippen LogP contribution >= 0.6 is 0 Å². The molecule has 0 unspecified atom stereocenters. The minimum absolute atomic E-state index is 0.238. The van der Waals surface area contributed by atoms with Gasteiger partial charge >= 0.3 is 0 Å². The quantitative estimate of drug-likeness (QED) is 0.812. The molecule has 0 spiro atoms. The summed E-state index contributed by atoms with van der Waals surface area (Å²) >= 11 is 0. The van der Waals surface area contributed by atoms with Crippen molar-refractivity contribution in [3.05, 3.63) is 42.5 Å². The van der Waals surface area contributed by atoms with E-state index in [4.69, 9.17) is 9.47 Å². The van der Waals surface area contributed by atoms with Crippen LogP contribution in [0.3, 0.4) is 0 Å². The van der Waals surface area contributed by atoms with Gasteiger partial charge in [-0.05, 0) is 36.4 Å². The maximum Gasteiger partial charge on any atom is 0.145 e. The van der Waals surface area contributed by atoms with Crippen LogP contribution in [-0.4, -0.2) is 19.3 Å². The molecular formula is C14H15NO3. The number of ether oxygens (including phenoxy) is 2. The van der Waals surface area contributed by atoms with Crippen LogP contribution in [0.2, 0.25) is 0 Å². The summed E-state index contributed by atoms with van der Waals surface area (Å²) in [5, 5.41) is 12.4. The van der Waals surface area contributed by atoms with E-state index in [0.29, 0.717) is 5.75 Å². The Hall–Kier alpha value is -2.36. The van der Waals surface area contributed by atoms with Gasteiger partial charge in [0.15, 0.2) is 0 Å². The van der Waals surface area contributed by atoms with Crippen LogP contribution in [0.25, 0.3) is 0 Å².